The highest BCUT2D eigenvalue weighted by Crippen LogP contribution is 2.52. The van der Waals surface area contributed by atoms with Crippen LogP contribution in [0.4, 0.5) is 4.79 Å². The van der Waals surface area contributed by atoms with Crippen LogP contribution in [-0.4, -0.2) is 45.5 Å². The number of piperazine rings is 1. The van der Waals surface area contributed by atoms with Crippen LogP contribution in [0.2, 0.25) is 10.0 Å². The number of halogens is 2. The molecular weight excluding hydrogens is 409 g/mol. The third-order valence-corrected chi connectivity index (χ3v) is 6.82. The molecule has 0 spiro atoms. The van der Waals surface area contributed by atoms with E-state index < -0.39 is 21.5 Å². The Morgan fingerprint density at radius 1 is 1.22 bits per heavy atom. The molecule has 3 rings (SSSR count). The number of hydrogen-bond donors (Lipinski definition) is 2. The van der Waals surface area contributed by atoms with Gasteiger partial charge in [0, 0.05) is 31.7 Å². The molecule has 1 aromatic rings. The Kier molecular flexibility index (Phi) is 5.73. The van der Waals surface area contributed by atoms with Gasteiger partial charge in [-0.25, -0.2) is 17.9 Å². The van der Waals surface area contributed by atoms with E-state index in [1.807, 2.05) is 0 Å². The highest BCUT2D eigenvalue weighted by atomic mass is 35.5. The molecule has 1 aliphatic carbocycles. The van der Waals surface area contributed by atoms with E-state index in [2.05, 4.69) is 28.5 Å². The first-order valence-electron chi connectivity index (χ1n) is 8.44. The molecule has 144 valence electrons. The number of carbonyl (C=O) groups is 1. The number of sulfonamides is 1. The number of allylic oxidation sites excluding steroid dienone is 1. The molecule has 1 aromatic carbocycles. The summed E-state index contributed by atoms with van der Waals surface area (Å²) in [5.74, 6) is 5.92. The summed E-state index contributed by atoms with van der Waals surface area (Å²) >= 11 is 11.9. The van der Waals surface area contributed by atoms with Crippen LogP contribution in [0, 0.1) is 17.3 Å². The fourth-order valence-corrected chi connectivity index (χ4v) is 4.28. The maximum atomic E-state index is 12.6. The first-order chi connectivity index (χ1) is 12.7. The van der Waals surface area contributed by atoms with Gasteiger partial charge < -0.3 is 10.2 Å². The van der Waals surface area contributed by atoms with Crippen LogP contribution in [0.3, 0.4) is 0 Å². The second-order valence-electron chi connectivity index (χ2n) is 6.53. The second-order valence-corrected chi connectivity index (χ2v) is 9.05. The minimum absolute atomic E-state index is 0.0777. The number of nitrogens with zero attached hydrogens (tertiary/aromatic N) is 1. The smallest absolute Gasteiger partial charge is 0.321 e. The summed E-state index contributed by atoms with van der Waals surface area (Å²) in [6.07, 6.45) is 1.14. The lowest BCUT2D eigenvalue weighted by molar-refractivity contribution is 0.196. The molecule has 0 bridgehead atoms. The monoisotopic (exact) mass is 427 g/mol. The molecule has 6 nitrogen and oxygen atoms in total. The lowest BCUT2D eigenvalue weighted by Gasteiger charge is -2.27. The Labute approximate surface area is 168 Å². The molecule has 2 fully saturated rings. The topological polar surface area (TPSA) is 78.5 Å². The predicted molar refractivity (Wildman–Crippen MR) is 106 cm³/mol. The molecule has 0 aromatic heterocycles. The van der Waals surface area contributed by atoms with Gasteiger partial charge in [0.2, 0.25) is 0 Å². The van der Waals surface area contributed by atoms with Crippen molar-refractivity contribution in [2.75, 3.05) is 26.2 Å². The fraction of sp³-hybridized carbons (Fsp3) is 0.389. The Bertz CT molecular complexity index is 940. The maximum absolute atomic E-state index is 12.6. The highest BCUT2D eigenvalue weighted by molar-refractivity contribution is 7.94. The number of amides is 2. The SMILES string of the molecule is C=C(C1(C#Cc2ccc(Cl)c(Cl)c2)CC1)S(=O)(=O)NC(=O)N1CCNCC1. The predicted octanol–water partition coefficient (Wildman–Crippen LogP) is 2.58. The molecule has 0 atom stereocenters. The van der Waals surface area contributed by atoms with Gasteiger partial charge in [-0.05, 0) is 31.0 Å². The van der Waals surface area contributed by atoms with Crippen molar-refractivity contribution in [2.45, 2.75) is 12.8 Å². The lowest BCUT2D eigenvalue weighted by Crippen LogP contribution is -2.51. The maximum Gasteiger partial charge on any atom is 0.331 e. The lowest BCUT2D eigenvalue weighted by atomic mass is 10.1. The number of carbonyl (C=O) groups excluding carboxylic acids is 1. The number of hydrogen-bond acceptors (Lipinski definition) is 4. The summed E-state index contributed by atoms with van der Waals surface area (Å²) in [6.45, 7) is 5.89. The summed E-state index contributed by atoms with van der Waals surface area (Å²) in [6, 6.07) is 4.33. The second kappa shape index (κ2) is 7.72. The number of benzene rings is 1. The van der Waals surface area contributed by atoms with Gasteiger partial charge in [0.05, 0.1) is 20.4 Å². The van der Waals surface area contributed by atoms with Crippen LogP contribution < -0.4 is 10.0 Å². The summed E-state index contributed by atoms with van der Waals surface area (Å²) in [7, 11) is -4.03. The summed E-state index contributed by atoms with van der Waals surface area (Å²) in [5.41, 5.74) is -0.215. The van der Waals surface area contributed by atoms with Crippen molar-refractivity contribution in [1.29, 1.82) is 0 Å². The number of rotatable bonds is 3. The van der Waals surface area contributed by atoms with Gasteiger partial charge in [0.25, 0.3) is 10.0 Å². The first-order valence-corrected chi connectivity index (χ1v) is 10.7. The standard InChI is InChI=1S/C18H19Cl2N3O3S/c1-13(27(25,26)22-17(24)23-10-8-21-9-11-23)18(6-7-18)5-4-14-2-3-15(19)16(20)12-14/h2-3,12,21H,1,6-11H2,(H,22,24). The van der Waals surface area contributed by atoms with E-state index in [1.54, 1.807) is 18.2 Å². The van der Waals surface area contributed by atoms with Gasteiger partial charge in [-0.2, -0.15) is 0 Å². The van der Waals surface area contributed by atoms with Crippen LogP contribution in [0.1, 0.15) is 18.4 Å². The molecule has 0 unspecified atom stereocenters. The van der Waals surface area contributed by atoms with E-state index in [9.17, 15) is 13.2 Å². The molecule has 9 heteroatoms. The zero-order valence-electron chi connectivity index (χ0n) is 14.5. The average Bonchev–Trinajstić information content (AvgIpc) is 3.43. The molecule has 2 amide bonds. The van der Waals surface area contributed by atoms with E-state index in [0.717, 1.165) is 0 Å². The van der Waals surface area contributed by atoms with Gasteiger partial charge in [-0.1, -0.05) is 41.6 Å². The summed E-state index contributed by atoms with van der Waals surface area (Å²) in [4.78, 5) is 13.6. The zero-order valence-corrected chi connectivity index (χ0v) is 16.8. The van der Waals surface area contributed by atoms with Crippen LogP contribution in [-0.2, 0) is 10.0 Å². The minimum Gasteiger partial charge on any atom is -0.321 e. The summed E-state index contributed by atoms with van der Waals surface area (Å²) in [5, 5.41) is 3.90. The van der Waals surface area contributed by atoms with E-state index in [1.165, 1.54) is 4.90 Å². The van der Waals surface area contributed by atoms with Gasteiger partial charge >= 0.3 is 6.03 Å². The Morgan fingerprint density at radius 2 is 1.89 bits per heavy atom. The molecule has 1 aliphatic heterocycles. The van der Waals surface area contributed by atoms with E-state index in [-0.39, 0.29) is 4.91 Å². The Balaban J connectivity index is 1.73. The van der Waals surface area contributed by atoms with Gasteiger partial charge in [-0.3, -0.25) is 0 Å². The van der Waals surface area contributed by atoms with Crippen LogP contribution in [0.25, 0.3) is 0 Å². The first kappa shape index (κ1) is 20.0. The largest absolute Gasteiger partial charge is 0.331 e. The third kappa shape index (κ3) is 4.58. The van der Waals surface area contributed by atoms with Crippen LogP contribution in [0.5, 0.6) is 0 Å². The van der Waals surface area contributed by atoms with E-state index >= 15 is 0 Å². The van der Waals surface area contributed by atoms with Crippen molar-refractivity contribution in [2.24, 2.45) is 5.41 Å². The van der Waals surface area contributed by atoms with Gasteiger partial charge in [0.15, 0.2) is 0 Å². The molecular formula is C18H19Cl2N3O3S. The zero-order chi connectivity index (χ0) is 19.7. The van der Waals surface area contributed by atoms with Crippen LogP contribution >= 0.6 is 23.2 Å². The Hall–Kier alpha value is -1.72. The molecule has 0 radical (unpaired) electrons. The van der Waals surface area contributed by atoms with Crippen molar-refractivity contribution in [3.63, 3.8) is 0 Å². The van der Waals surface area contributed by atoms with Crippen molar-refractivity contribution in [3.05, 3.63) is 45.3 Å². The fourth-order valence-electron chi connectivity index (χ4n) is 2.73. The van der Waals surface area contributed by atoms with Crippen molar-refractivity contribution in [1.82, 2.24) is 14.9 Å². The van der Waals surface area contributed by atoms with E-state index in [4.69, 9.17) is 23.2 Å². The molecule has 1 heterocycles. The van der Waals surface area contributed by atoms with Crippen molar-refractivity contribution >= 4 is 39.3 Å². The number of nitrogens with one attached hydrogen (secondary N) is 2. The van der Waals surface area contributed by atoms with Crippen molar-refractivity contribution in [3.8, 4) is 11.8 Å². The normalized spacial score (nSPS) is 18.2. The minimum atomic E-state index is -4.03. The van der Waals surface area contributed by atoms with Crippen molar-refractivity contribution < 1.29 is 13.2 Å². The quantitative estimate of drug-likeness (QED) is 0.726. The third-order valence-electron chi connectivity index (χ3n) is 4.60. The molecule has 1 saturated heterocycles. The number of urea groups is 1. The molecule has 2 aliphatic rings. The van der Waals surface area contributed by atoms with Crippen LogP contribution in [0.15, 0.2) is 29.7 Å². The van der Waals surface area contributed by atoms with Gasteiger partial charge in [0.1, 0.15) is 0 Å². The summed E-state index contributed by atoms with van der Waals surface area (Å²) < 4.78 is 27.3. The van der Waals surface area contributed by atoms with Gasteiger partial charge in [-0.15, -0.1) is 0 Å². The Morgan fingerprint density at radius 3 is 2.48 bits per heavy atom. The average molecular weight is 428 g/mol. The molecule has 27 heavy (non-hydrogen) atoms. The molecule has 2 N–H and O–H groups in total. The highest BCUT2D eigenvalue weighted by Gasteiger charge is 2.49. The van der Waals surface area contributed by atoms with E-state index in [0.29, 0.717) is 54.6 Å². The molecule has 1 saturated carbocycles.